The van der Waals surface area contributed by atoms with Crippen molar-refractivity contribution in [2.24, 2.45) is 0 Å². The number of carbonyl (C=O) groups is 2. The third-order valence-corrected chi connectivity index (χ3v) is 6.80. The summed E-state index contributed by atoms with van der Waals surface area (Å²) in [5.74, 6) is 1.46. The number of carbonyl (C=O) groups excluding carboxylic acids is 2. The fourth-order valence-corrected chi connectivity index (χ4v) is 4.88. The van der Waals surface area contributed by atoms with Crippen LogP contribution >= 0.6 is 11.8 Å². The second kappa shape index (κ2) is 10.2. The van der Waals surface area contributed by atoms with E-state index in [0.717, 1.165) is 16.1 Å². The first-order chi connectivity index (χ1) is 16.0. The van der Waals surface area contributed by atoms with Crippen LogP contribution in [0.3, 0.4) is 0 Å². The lowest BCUT2D eigenvalue weighted by atomic mass is 10.1. The van der Waals surface area contributed by atoms with Crippen LogP contribution in [0.25, 0.3) is 0 Å². The van der Waals surface area contributed by atoms with Gasteiger partial charge in [0.1, 0.15) is 0 Å². The zero-order valence-electron chi connectivity index (χ0n) is 18.9. The molecule has 8 nitrogen and oxygen atoms in total. The van der Waals surface area contributed by atoms with Gasteiger partial charge in [0.2, 0.25) is 11.7 Å². The number of nitrogens with one attached hydrogen (secondary N) is 1. The van der Waals surface area contributed by atoms with Crippen LogP contribution in [0.1, 0.15) is 5.56 Å². The number of hydrogen-bond donors (Lipinski definition) is 1. The standard InChI is InChI=1S/C24H27N3O5S/c1-30-18-9-8-16(22(31-2)23(18)32-3)15-26-10-12-27(13-11-26)21(28)14-20-24(29)25-17-6-4-5-7-19(17)33-20/h4-9,14H,10-13,15H2,1-3H3,(H,25,29)/b20-14-. The van der Waals surface area contributed by atoms with Crippen LogP contribution < -0.4 is 19.5 Å². The van der Waals surface area contributed by atoms with E-state index in [1.165, 1.54) is 17.8 Å². The Hall–Kier alpha value is -3.17. The third-order valence-electron chi connectivity index (χ3n) is 5.70. The van der Waals surface area contributed by atoms with E-state index in [1.54, 1.807) is 26.2 Å². The summed E-state index contributed by atoms with van der Waals surface area (Å²) in [6.07, 6.45) is 1.45. The number of methoxy groups -OCH3 is 3. The first-order valence-corrected chi connectivity index (χ1v) is 11.4. The summed E-state index contributed by atoms with van der Waals surface area (Å²) in [6, 6.07) is 11.4. The summed E-state index contributed by atoms with van der Waals surface area (Å²) < 4.78 is 16.4. The molecule has 9 heteroatoms. The lowest BCUT2D eigenvalue weighted by molar-refractivity contribution is -0.128. The minimum absolute atomic E-state index is 0.143. The molecule has 0 spiro atoms. The Morgan fingerprint density at radius 3 is 2.42 bits per heavy atom. The normalized spacial score (nSPS) is 17.4. The summed E-state index contributed by atoms with van der Waals surface area (Å²) in [7, 11) is 4.80. The van der Waals surface area contributed by atoms with Crippen LogP contribution in [0.5, 0.6) is 17.2 Å². The van der Waals surface area contributed by atoms with E-state index in [1.807, 2.05) is 36.4 Å². The number of piperazine rings is 1. The Balaban J connectivity index is 1.38. The minimum Gasteiger partial charge on any atom is -0.493 e. The van der Waals surface area contributed by atoms with Gasteiger partial charge in [0.15, 0.2) is 11.5 Å². The quantitative estimate of drug-likeness (QED) is 0.652. The van der Waals surface area contributed by atoms with E-state index in [-0.39, 0.29) is 11.8 Å². The van der Waals surface area contributed by atoms with Gasteiger partial charge in [0, 0.05) is 49.3 Å². The summed E-state index contributed by atoms with van der Waals surface area (Å²) in [5, 5.41) is 2.84. The van der Waals surface area contributed by atoms with Crippen LogP contribution in [0.4, 0.5) is 5.69 Å². The molecule has 0 bridgehead atoms. The highest BCUT2D eigenvalue weighted by Gasteiger charge is 2.26. The maximum atomic E-state index is 12.8. The highest BCUT2D eigenvalue weighted by atomic mass is 32.2. The Labute approximate surface area is 197 Å². The molecule has 0 aliphatic carbocycles. The van der Waals surface area contributed by atoms with Gasteiger partial charge in [0.05, 0.1) is 31.9 Å². The molecule has 0 atom stereocenters. The van der Waals surface area contributed by atoms with Crippen molar-refractivity contribution in [3.63, 3.8) is 0 Å². The van der Waals surface area contributed by atoms with Crippen molar-refractivity contribution in [2.45, 2.75) is 11.4 Å². The largest absolute Gasteiger partial charge is 0.493 e. The van der Waals surface area contributed by atoms with Gasteiger partial charge in [-0.25, -0.2) is 0 Å². The van der Waals surface area contributed by atoms with Crippen molar-refractivity contribution in [1.29, 1.82) is 0 Å². The number of nitrogens with zero attached hydrogens (tertiary/aromatic N) is 2. The summed E-state index contributed by atoms with van der Waals surface area (Å²) >= 11 is 1.33. The highest BCUT2D eigenvalue weighted by Crippen LogP contribution is 2.40. The number of fused-ring (bicyclic) bond motifs is 1. The van der Waals surface area contributed by atoms with Gasteiger partial charge in [0.25, 0.3) is 5.91 Å². The van der Waals surface area contributed by atoms with Gasteiger partial charge in [-0.2, -0.15) is 0 Å². The van der Waals surface area contributed by atoms with Crippen molar-refractivity contribution < 1.29 is 23.8 Å². The van der Waals surface area contributed by atoms with Crippen molar-refractivity contribution in [1.82, 2.24) is 9.80 Å². The lowest BCUT2D eigenvalue weighted by Gasteiger charge is -2.34. The van der Waals surface area contributed by atoms with E-state index in [2.05, 4.69) is 10.2 Å². The number of benzene rings is 2. The van der Waals surface area contributed by atoms with Gasteiger partial charge in [-0.3, -0.25) is 14.5 Å². The van der Waals surface area contributed by atoms with Crippen LogP contribution in [0.2, 0.25) is 0 Å². The average molecular weight is 470 g/mol. The molecule has 2 aromatic rings. The molecule has 0 aromatic heterocycles. The third kappa shape index (κ3) is 4.94. The molecule has 1 fully saturated rings. The molecule has 4 rings (SSSR count). The van der Waals surface area contributed by atoms with E-state index in [0.29, 0.717) is 54.9 Å². The molecular formula is C24H27N3O5S. The number of hydrogen-bond acceptors (Lipinski definition) is 7. The maximum absolute atomic E-state index is 12.8. The fourth-order valence-electron chi connectivity index (χ4n) is 3.96. The van der Waals surface area contributed by atoms with Crippen LogP contribution in [0.15, 0.2) is 52.3 Å². The first-order valence-electron chi connectivity index (χ1n) is 10.6. The monoisotopic (exact) mass is 469 g/mol. The maximum Gasteiger partial charge on any atom is 0.262 e. The summed E-state index contributed by atoms with van der Waals surface area (Å²) in [6.45, 7) is 3.27. The summed E-state index contributed by atoms with van der Waals surface area (Å²) in [4.78, 5) is 30.6. The Bertz CT molecular complexity index is 1080. The lowest BCUT2D eigenvalue weighted by Crippen LogP contribution is -2.48. The molecular weight excluding hydrogens is 442 g/mol. The smallest absolute Gasteiger partial charge is 0.262 e. The Morgan fingerprint density at radius 2 is 1.73 bits per heavy atom. The minimum atomic E-state index is -0.244. The molecule has 174 valence electrons. The zero-order valence-corrected chi connectivity index (χ0v) is 19.7. The van der Waals surface area contributed by atoms with Crippen molar-refractivity contribution in [3.05, 3.63) is 52.9 Å². The molecule has 2 aromatic carbocycles. The first kappa shape index (κ1) is 23.0. The zero-order chi connectivity index (χ0) is 23.4. The molecule has 2 amide bonds. The molecule has 1 N–H and O–H groups in total. The molecule has 0 radical (unpaired) electrons. The second-order valence-electron chi connectivity index (χ2n) is 7.66. The van der Waals surface area contributed by atoms with Gasteiger partial charge < -0.3 is 24.4 Å². The van der Waals surface area contributed by atoms with E-state index in [4.69, 9.17) is 14.2 Å². The number of anilines is 1. The number of amides is 2. The average Bonchev–Trinajstić information content (AvgIpc) is 2.84. The van der Waals surface area contributed by atoms with Gasteiger partial charge in [-0.05, 0) is 18.2 Å². The predicted octanol–water partition coefficient (Wildman–Crippen LogP) is 2.98. The predicted molar refractivity (Wildman–Crippen MR) is 127 cm³/mol. The van der Waals surface area contributed by atoms with Gasteiger partial charge in [-0.1, -0.05) is 30.0 Å². The van der Waals surface area contributed by atoms with Gasteiger partial charge >= 0.3 is 0 Å². The molecule has 0 unspecified atom stereocenters. The second-order valence-corrected chi connectivity index (χ2v) is 8.74. The fraction of sp³-hybridized carbons (Fsp3) is 0.333. The van der Waals surface area contributed by atoms with Gasteiger partial charge in [-0.15, -0.1) is 0 Å². The van der Waals surface area contributed by atoms with Crippen LogP contribution in [-0.4, -0.2) is 69.1 Å². The number of thioether (sulfide) groups is 1. The SMILES string of the molecule is COc1ccc(CN2CCN(C(=O)/C=C3\Sc4ccccc4NC3=O)CC2)c(OC)c1OC. The van der Waals surface area contributed by atoms with E-state index < -0.39 is 0 Å². The highest BCUT2D eigenvalue weighted by molar-refractivity contribution is 8.04. The molecule has 1 saturated heterocycles. The Kier molecular flexibility index (Phi) is 7.10. The molecule has 33 heavy (non-hydrogen) atoms. The van der Waals surface area contributed by atoms with E-state index in [9.17, 15) is 9.59 Å². The molecule has 0 saturated carbocycles. The molecule has 2 heterocycles. The number of rotatable bonds is 6. The van der Waals surface area contributed by atoms with Crippen molar-refractivity contribution in [2.75, 3.05) is 52.8 Å². The van der Waals surface area contributed by atoms with E-state index >= 15 is 0 Å². The number of para-hydroxylation sites is 1. The van der Waals surface area contributed by atoms with Crippen LogP contribution in [0, 0.1) is 0 Å². The molecule has 2 aliphatic rings. The topological polar surface area (TPSA) is 80.3 Å². The Morgan fingerprint density at radius 1 is 1.00 bits per heavy atom. The summed E-state index contributed by atoms with van der Waals surface area (Å²) in [5.41, 5.74) is 1.77. The number of ether oxygens (including phenoxy) is 3. The van der Waals surface area contributed by atoms with Crippen molar-refractivity contribution in [3.8, 4) is 17.2 Å². The molecule has 2 aliphatic heterocycles. The van der Waals surface area contributed by atoms with Crippen LogP contribution in [-0.2, 0) is 16.1 Å². The van der Waals surface area contributed by atoms with Crippen molar-refractivity contribution >= 4 is 29.3 Å².